The predicted molar refractivity (Wildman–Crippen MR) is 95.0 cm³/mol. The van der Waals surface area contributed by atoms with Gasteiger partial charge < -0.3 is 16.0 Å². The van der Waals surface area contributed by atoms with Crippen LogP contribution in [0.15, 0.2) is 28.7 Å². The van der Waals surface area contributed by atoms with E-state index >= 15 is 0 Å². The van der Waals surface area contributed by atoms with E-state index in [0.717, 1.165) is 30.0 Å². The van der Waals surface area contributed by atoms with Crippen LogP contribution < -0.4 is 11.1 Å². The molecule has 0 atom stereocenters. The molecule has 1 aromatic carbocycles. The molecule has 3 N–H and O–H groups in total. The molecule has 0 saturated carbocycles. The van der Waals surface area contributed by atoms with Gasteiger partial charge in [0.2, 0.25) is 0 Å². The molecule has 0 unspecified atom stereocenters. The second-order valence-corrected chi connectivity index (χ2v) is 7.45. The van der Waals surface area contributed by atoms with Crippen LogP contribution in [-0.2, 0) is 13.0 Å². The summed E-state index contributed by atoms with van der Waals surface area (Å²) in [5, 5.41) is 3.39. The summed E-state index contributed by atoms with van der Waals surface area (Å²) >= 11 is 4.80. The number of nitrogens with zero attached hydrogens (tertiary/aromatic N) is 1. The van der Waals surface area contributed by atoms with Crippen molar-refractivity contribution in [2.24, 2.45) is 5.73 Å². The van der Waals surface area contributed by atoms with Gasteiger partial charge in [0.05, 0.1) is 11.1 Å². The number of thiophene rings is 1. The summed E-state index contributed by atoms with van der Waals surface area (Å²) in [5.41, 5.74) is 7.51. The van der Waals surface area contributed by atoms with Crippen LogP contribution in [0.2, 0.25) is 0 Å². The number of anilines is 1. The molecular weight excluding hydrogens is 378 g/mol. The minimum Gasteiger partial charge on any atom is -0.365 e. The van der Waals surface area contributed by atoms with E-state index in [1.807, 2.05) is 13.1 Å². The maximum Gasteiger partial charge on any atom is 0.257 e. The number of carbonyl (C=O) groups is 2. The lowest BCUT2D eigenvalue weighted by molar-refractivity contribution is 0.1000. The lowest BCUT2D eigenvalue weighted by Crippen LogP contribution is -2.27. The standard InChI is InChI=1S/C16H16BrN3O2S/c1-20-7-6-10-12(8-20)23-16(13(10)14(18)21)19-15(22)9-4-2-3-5-11(9)17/h2-5H,6-8H2,1H3,(H2,18,21)(H,19,22). The van der Waals surface area contributed by atoms with Gasteiger partial charge in [0.1, 0.15) is 5.00 Å². The Kier molecular flexibility index (Phi) is 4.52. The molecule has 2 heterocycles. The van der Waals surface area contributed by atoms with Crippen molar-refractivity contribution < 1.29 is 9.59 Å². The average Bonchev–Trinajstić information content (AvgIpc) is 2.84. The van der Waals surface area contributed by atoms with Gasteiger partial charge in [-0.2, -0.15) is 0 Å². The fourth-order valence-corrected chi connectivity index (χ4v) is 4.49. The Hall–Kier alpha value is -1.70. The lowest BCUT2D eigenvalue weighted by Gasteiger charge is -2.22. The summed E-state index contributed by atoms with van der Waals surface area (Å²) in [6, 6.07) is 7.17. The molecule has 23 heavy (non-hydrogen) atoms. The SMILES string of the molecule is CN1CCc2c(sc(NC(=O)c3ccccc3Br)c2C(N)=O)C1. The van der Waals surface area contributed by atoms with Gasteiger partial charge >= 0.3 is 0 Å². The van der Waals surface area contributed by atoms with Gasteiger partial charge in [-0.05, 0) is 47.1 Å². The van der Waals surface area contributed by atoms with Crippen LogP contribution in [0.3, 0.4) is 0 Å². The molecule has 120 valence electrons. The monoisotopic (exact) mass is 393 g/mol. The summed E-state index contributed by atoms with van der Waals surface area (Å²) in [4.78, 5) is 27.6. The zero-order valence-electron chi connectivity index (χ0n) is 12.6. The van der Waals surface area contributed by atoms with Gasteiger partial charge in [-0.1, -0.05) is 12.1 Å². The zero-order valence-corrected chi connectivity index (χ0v) is 15.0. The van der Waals surface area contributed by atoms with Crippen LogP contribution in [-0.4, -0.2) is 30.3 Å². The molecule has 0 bridgehead atoms. The van der Waals surface area contributed by atoms with E-state index in [1.165, 1.54) is 11.3 Å². The quantitative estimate of drug-likeness (QED) is 0.841. The number of rotatable bonds is 3. The van der Waals surface area contributed by atoms with E-state index in [4.69, 9.17) is 5.73 Å². The Bertz CT molecular complexity index is 788. The molecule has 1 aliphatic rings. The number of halogens is 1. The lowest BCUT2D eigenvalue weighted by atomic mass is 10.0. The highest BCUT2D eigenvalue weighted by atomic mass is 79.9. The highest BCUT2D eigenvalue weighted by Gasteiger charge is 2.26. The first kappa shape index (κ1) is 16.2. The summed E-state index contributed by atoms with van der Waals surface area (Å²) < 4.78 is 0.708. The number of nitrogens with two attached hydrogens (primary N) is 1. The van der Waals surface area contributed by atoms with Crippen LogP contribution in [0.25, 0.3) is 0 Å². The van der Waals surface area contributed by atoms with Crippen molar-refractivity contribution in [1.82, 2.24) is 4.90 Å². The van der Waals surface area contributed by atoms with E-state index in [2.05, 4.69) is 26.1 Å². The average molecular weight is 394 g/mol. The Morgan fingerprint density at radius 2 is 2.09 bits per heavy atom. The van der Waals surface area contributed by atoms with Crippen LogP contribution in [0.4, 0.5) is 5.00 Å². The molecule has 0 fully saturated rings. The molecule has 2 amide bonds. The van der Waals surface area contributed by atoms with Crippen molar-refractivity contribution in [3.63, 3.8) is 0 Å². The Morgan fingerprint density at radius 3 is 2.78 bits per heavy atom. The van der Waals surface area contributed by atoms with Gasteiger partial charge in [-0.25, -0.2) is 0 Å². The largest absolute Gasteiger partial charge is 0.365 e. The zero-order chi connectivity index (χ0) is 16.6. The molecule has 0 radical (unpaired) electrons. The highest BCUT2D eigenvalue weighted by molar-refractivity contribution is 9.10. The van der Waals surface area contributed by atoms with Crippen LogP contribution in [0.5, 0.6) is 0 Å². The summed E-state index contributed by atoms with van der Waals surface area (Å²) in [5.74, 6) is -0.749. The van der Waals surface area contributed by atoms with Crippen molar-refractivity contribution in [2.45, 2.75) is 13.0 Å². The second-order valence-electron chi connectivity index (χ2n) is 5.49. The molecule has 7 heteroatoms. The molecule has 2 aromatic rings. The minimum absolute atomic E-state index is 0.257. The number of hydrogen-bond donors (Lipinski definition) is 2. The van der Waals surface area contributed by atoms with Crippen molar-refractivity contribution in [1.29, 1.82) is 0 Å². The number of primary amides is 1. The van der Waals surface area contributed by atoms with Crippen molar-refractivity contribution in [2.75, 3.05) is 18.9 Å². The molecule has 1 aromatic heterocycles. The number of fused-ring (bicyclic) bond motifs is 1. The van der Waals surface area contributed by atoms with Crippen LogP contribution in [0, 0.1) is 0 Å². The highest BCUT2D eigenvalue weighted by Crippen LogP contribution is 2.37. The third kappa shape index (κ3) is 3.17. The van der Waals surface area contributed by atoms with Gasteiger partial charge in [0.25, 0.3) is 11.8 Å². The normalized spacial score (nSPS) is 14.3. The maximum atomic E-state index is 12.5. The predicted octanol–water partition coefficient (Wildman–Crippen LogP) is 2.85. The topological polar surface area (TPSA) is 75.4 Å². The first-order chi connectivity index (χ1) is 11.0. The van der Waals surface area contributed by atoms with Gasteiger partial charge in [0.15, 0.2) is 0 Å². The first-order valence-electron chi connectivity index (χ1n) is 7.16. The minimum atomic E-state index is -0.491. The Morgan fingerprint density at radius 1 is 1.35 bits per heavy atom. The molecule has 0 saturated heterocycles. The van der Waals surface area contributed by atoms with E-state index in [1.54, 1.807) is 18.2 Å². The van der Waals surface area contributed by atoms with Crippen molar-refractivity contribution >= 4 is 44.1 Å². The van der Waals surface area contributed by atoms with Crippen molar-refractivity contribution in [3.05, 3.63) is 50.3 Å². The third-order valence-electron chi connectivity index (χ3n) is 3.84. The Balaban J connectivity index is 1.96. The van der Waals surface area contributed by atoms with Crippen molar-refractivity contribution in [3.8, 4) is 0 Å². The molecular formula is C16H16BrN3O2S. The third-order valence-corrected chi connectivity index (χ3v) is 5.66. The number of nitrogens with one attached hydrogen (secondary N) is 1. The fourth-order valence-electron chi connectivity index (χ4n) is 2.70. The van der Waals surface area contributed by atoms with E-state index in [9.17, 15) is 9.59 Å². The van der Waals surface area contributed by atoms with Gasteiger partial charge in [-0.3, -0.25) is 9.59 Å². The molecule has 1 aliphatic heterocycles. The van der Waals surface area contributed by atoms with E-state index < -0.39 is 5.91 Å². The smallest absolute Gasteiger partial charge is 0.257 e. The van der Waals surface area contributed by atoms with E-state index in [0.29, 0.717) is 20.6 Å². The Labute approximate surface area is 146 Å². The first-order valence-corrected chi connectivity index (χ1v) is 8.77. The summed E-state index contributed by atoms with van der Waals surface area (Å²) in [6.07, 6.45) is 0.769. The maximum absolute atomic E-state index is 12.5. The number of hydrogen-bond acceptors (Lipinski definition) is 4. The molecule has 0 aliphatic carbocycles. The number of carbonyl (C=O) groups excluding carboxylic acids is 2. The van der Waals surface area contributed by atoms with Gasteiger partial charge in [-0.15, -0.1) is 11.3 Å². The summed E-state index contributed by atoms with van der Waals surface area (Å²) in [6.45, 7) is 1.65. The fraction of sp³-hybridized carbons (Fsp3) is 0.250. The number of likely N-dealkylation sites (N-methyl/N-ethyl adjacent to an activating group) is 1. The molecule has 0 spiro atoms. The molecule has 5 nitrogen and oxygen atoms in total. The van der Waals surface area contributed by atoms with Crippen LogP contribution >= 0.6 is 27.3 Å². The molecule has 3 rings (SSSR count). The second kappa shape index (κ2) is 6.43. The summed E-state index contributed by atoms with van der Waals surface area (Å²) in [7, 11) is 2.03. The number of amides is 2. The number of benzene rings is 1. The van der Waals surface area contributed by atoms with E-state index in [-0.39, 0.29) is 5.91 Å². The van der Waals surface area contributed by atoms with Crippen LogP contribution in [0.1, 0.15) is 31.2 Å². The van der Waals surface area contributed by atoms with Gasteiger partial charge in [0, 0.05) is 22.4 Å².